The fraction of sp³-hybridized carbons (Fsp3) is 0.552. The molecule has 1 aromatic rings. The number of allylic oxidation sites excluding steroid dienone is 1. The molecule has 5 atom stereocenters. The summed E-state index contributed by atoms with van der Waals surface area (Å²) < 4.78 is 3.21. The summed E-state index contributed by atoms with van der Waals surface area (Å²) in [6.07, 6.45) is 4.27. The molecule has 1 aromatic carbocycles. The van der Waals surface area contributed by atoms with Crippen LogP contribution in [0.5, 0.6) is 0 Å². The van der Waals surface area contributed by atoms with Crippen LogP contribution in [-0.4, -0.2) is 64.2 Å². The molecule has 1 aliphatic rings. The van der Waals surface area contributed by atoms with Gasteiger partial charge in [-0.2, -0.15) is 0 Å². The molecule has 10 nitrogen and oxygen atoms in total. The number of amides is 4. The minimum atomic E-state index is -1.70. The molecule has 0 bridgehead atoms. The van der Waals surface area contributed by atoms with Gasteiger partial charge in [0.05, 0.1) is 5.92 Å². The van der Waals surface area contributed by atoms with Crippen molar-refractivity contribution in [2.75, 3.05) is 6.61 Å². The minimum absolute atomic E-state index is 0.0405. The molecular formula is C29H39Cl3N4O6. The lowest BCUT2D eigenvalue weighted by Gasteiger charge is -2.28. The van der Waals surface area contributed by atoms with Gasteiger partial charge in [0.1, 0.15) is 24.7 Å². The number of benzene rings is 1. The van der Waals surface area contributed by atoms with Crippen molar-refractivity contribution in [3.05, 3.63) is 48.0 Å². The van der Waals surface area contributed by atoms with Crippen LogP contribution in [0.25, 0.3) is 0 Å². The summed E-state index contributed by atoms with van der Waals surface area (Å²) in [5.74, 6) is -3.47. The third kappa shape index (κ3) is 12.2. The first-order valence-electron chi connectivity index (χ1n) is 13.8. The summed E-state index contributed by atoms with van der Waals surface area (Å²) in [6, 6.07) is 5.71. The molecule has 0 spiro atoms. The van der Waals surface area contributed by atoms with Crippen molar-refractivity contribution in [3.63, 3.8) is 0 Å². The largest absolute Gasteiger partial charge is 0.461 e. The van der Waals surface area contributed by atoms with E-state index in [4.69, 9.17) is 39.5 Å². The van der Waals surface area contributed by atoms with Crippen LogP contribution in [0.1, 0.15) is 52.5 Å². The lowest BCUT2D eigenvalue weighted by molar-refractivity contribution is -0.143. The van der Waals surface area contributed by atoms with Crippen LogP contribution in [0.2, 0.25) is 0 Å². The highest BCUT2D eigenvalue weighted by molar-refractivity contribution is 6.67. The van der Waals surface area contributed by atoms with Crippen molar-refractivity contribution in [2.24, 2.45) is 11.8 Å². The Balaban J connectivity index is 2.26. The van der Waals surface area contributed by atoms with Crippen molar-refractivity contribution in [2.45, 2.75) is 81.3 Å². The molecule has 4 amide bonds. The highest BCUT2D eigenvalue weighted by Gasteiger charge is 2.34. The fourth-order valence-corrected chi connectivity index (χ4v) is 4.36. The summed E-state index contributed by atoms with van der Waals surface area (Å²) in [4.78, 5) is 64.8. The maximum absolute atomic E-state index is 13.5. The molecule has 0 saturated carbocycles. The first-order chi connectivity index (χ1) is 19.7. The third-order valence-corrected chi connectivity index (χ3v) is 7.06. The third-order valence-electron chi connectivity index (χ3n) is 6.73. The van der Waals surface area contributed by atoms with Crippen molar-refractivity contribution >= 4 is 64.4 Å². The Hall–Kier alpha value is -2.82. The monoisotopic (exact) mass is 644 g/mol. The fourth-order valence-electron chi connectivity index (χ4n) is 4.19. The van der Waals surface area contributed by atoms with E-state index in [1.54, 1.807) is 32.9 Å². The quantitative estimate of drug-likeness (QED) is 0.185. The van der Waals surface area contributed by atoms with Crippen molar-refractivity contribution in [3.8, 4) is 0 Å². The van der Waals surface area contributed by atoms with E-state index in [9.17, 15) is 24.0 Å². The number of alkyl halides is 3. The summed E-state index contributed by atoms with van der Waals surface area (Å²) in [5.41, 5.74) is 0.822. The van der Waals surface area contributed by atoms with Crippen LogP contribution >= 0.6 is 34.8 Å². The number of hydrogen-bond acceptors (Lipinski definition) is 6. The molecule has 4 N–H and O–H groups in total. The Bertz CT molecular complexity index is 1130. The van der Waals surface area contributed by atoms with Crippen LogP contribution in [0.4, 0.5) is 0 Å². The molecular weight excluding hydrogens is 607 g/mol. The number of rotatable bonds is 9. The second-order valence-corrected chi connectivity index (χ2v) is 13.2. The number of esters is 1. The zero-order valence-electron chi connectivity index (χ0n) is 24.1. The van der Waals surface area contributed by atoms with Gasteiger partial charge in [0.15, 0.2) is 0 Å². The van der Waals surface area contributed by atoms with Crippen LogP contribution in [0, 0.1) is 11.8 Å². The zero-order valence-corrected chi connectivity index (χ0v) is 26.4. The maximum Gasteiger partial charge on any atom is 0.306 e. The highest BCUT2D eigenvalue weighted by Crippen LogP contribution is 2.26. The number of carbonyl (C=O) groups excluding carboxylic acids is 5. The summed E-state index contributed by atoms with van der Waals surface area (Å²) in [6.45, 7) is 6.38. The van der Waals surface area contributed by atoms with Gasteiger partial charge in [-0.05, 0) is 31.2 Å². The first kappa shape index (κ1) is 35.4. The SMILES string of the molecule is CC(C)C1NC(=O)[C@@H](C)[C@@H](C/C=C\CCC(=O)OCC(Cl)(Cl)Cl)NC(=O)[C@@H](Cc2ccccc2)NC(=O)[C@@H](C)NC1=O. The molecule has 0 radical (unpaired) electrons. The van der Waals surface area contributed by atoms with Gasteiger partial charge >= 0.3 is 5.97 Å². The molecule has 2 rings (SSSR count). The van der Waals surface area contributed by atoms with Gasteiger partial charge in [-0.15, -0.1) is 0 Å². The van der Waals surface area contributed by atoms with E-state index in [1.165, 1.54) is 6.92 Å². The van der Waals surface area contributed by atoms with Crippen LogP contribution < -0.4 is 21.3 Å². The number of ether oxygens (including phenoxy) is 1. The van der Waals surface area contributed by atoms with Crippen LogP contribution in [-0.2, 0) is 35.1 Å². The Kier molecular flexibility index (Phi) is 14.1. The number of carbonyl (C=O) groups is 5. The molecule has 1 unspecified atom stereocenters. The van der Waals surface area contributed by atoms with Gasteiger partial charge in [0.2, 0.25) is 27.4 Å². The second kappa shape index (κ2) is 16.7. The Morgan fingerprint density at radius 1 is 0.905 bits per heavy atom. The molecule has 1 heterocycles. The van der Waals surface area contributed by atoms with E-state index in [2.05, 4.69) is 21.3 Å². The van der Waals surface area contributed by atoms with E-state index in [1.807, 2.05) is 30.3 Å². The number of nitrogens with one attached hydrogen (secondary N) is 4. The average molecular weight is 646 g/mol. The van der Waals surface area contributed by atoms with E-state index < -0.39 is 63.5 Å². The van der Waals surface area contributed by atoms with Crippen molar-refractivity contribution in [1.82, 2.24) is 21.3 Å². The summed E-state index contributed by atoms with van der Waals surface area (Å²) in [5, 5.41) is 11.1. The molecule has 1 saturated heterocycles. The minimum Gasteiger partial charge on any atom is -0.461 e. The number of hydrogen-bond donors (Lipinski definition) is 4. The Morgan fingerprint density at radius 3 is 2.19 bits per heavy atom. The highest BCUT2D eigenvalue weighted by atomic mass is 35.6. The Morgan fingerprint density at radius 2 is 1.57 bits per heavy atom. The number of halogens is 3. The predicted molar refractivity (Wildman–Crippen MR) is 162 cm³/mol. The van der Waals surface area contributed by atoms with Gasteiger partial charge in [-0.1, -0.05) is 98.1 Å². The molecule has 13 heteroatoms. The molecule has 42 heavy (non-hydrogen) atoms. The molecule has 1 fully saturated rings. The molecule has 0 aliphatic carbocycles. The van der Waals surface area contributed by atoms with Crippen LogP contribution in [0.3, 0.4) is 0 Å². The van der Waals surface area contributed by atoms with Crippen molar-refractivity contribution < 1.29 is 28.7 Å². The second-order valence-electron chi connectivity index (χ2n) is 10.6. The van der Waals surface area contributed by atoms with Gasteiger partial charge < -0.3 is 26.0 Å². The molecule has 1 aliphatic heterocycles. The first-order valence-corrected chi connectivity index (χ1v) is 14.9. The van der Waals surface area contributed by atoms with Gasteiger partial charge in [-0.25, -0.2) is 0 Å². The van der Waals surface area contributed by atoms with E-state index in [0.29, 0.717) is 6.42 Å². The molecule has 232 valence electrons. The lowest BCUT2D eigenvalue weighted by Crippen LogP contribution is -2.56. The van der Waals surface area contributed by atoms with Gasteiger partial charge in [0.25, 0.3) is 0 Å². The maximum atomic E-state index is 13.5. The average Bonchev–Trinajstić information content (AvgIpc) is 2.92. The summed E-state index contributed by atoms with van der Waals surface area (Å²) >= 11 is 16.8. The van der Waals surface area contributed by atoms with E-state index in [-0.39, 0.29) is 31.8 Å². The van der Waals surface area contributed by atoms with Crippen LogP contribution in [0.15, 0.2) is 42.5 Å². The normalized spacial score (nSPS) is 24.5. The van der Waals surface area contributed by atoms with E-state index in [0.717, 1.165) is 5.56 Å². The smallest absolute Gasteiger partial charge is 0.306 e. The predicted octanol–water partition coefficient (Wildman–Crippen LogP) is 3.13. The topological polar surface area (TPSA) is 143 Å². The van der Waals surface area contributed by atoms with Gasteiger partial charge in [0, 0.05) is 18.9 Å². The van der Waals surface area contributed by atoms with E-state index >= 15 is 0 Å². The standard InChI is InChI=1S/C29H39Cl3N4O6/c1-17(2)24-28(41)33-19(4)26(39)35-22(15-20-11-7-5-8-12-20)27(40)34-21(18(3)25(38)36-24)13-9-6-10-14-23(37)42-16-29(30,31)32/h5-9,11-12,17-19,21-22,24H,10,13-16H2,1-4H3,(H,33,41)(H,34,40)(H,35,39)(H,36,38)/b9-6-/t18-,19+,21+,22+,24?/m0/s1. The Labute approximate surface area is 261 Å². The molecule has 0 aromatic heterocycles. The lowest BCUT2D eigenvalue weighted by atomic mass is 9.94. The van der Waals surface area contributed by atoms with Gasteiger partial charge in [-0.3, -0.25) is 24.0 Å². The zero-order chi connectivity index (χ0) is 31.4. The summed E-state index contributed by atoms with van der Waals surface area (Å²) in [7, 11) is 0. The van der Waals surface area contributed by atoms with Crippen molar-refractivity contribution in [1.29, 1.82) is 0 Å².